The van der Waals surface area contributed by atoms with E-state index in [1.54, 1.807) is 12.2 Å². The zero-order valence-electron chi connectivity index (χ0n) is 42.2. The molecule has 0 spiro atoms. The Labute approximate surface area is 441 Å². The molecule has 0 radical (unpaired) electrons. The maximum absolute atomic E-state index is 13.7. The van der Waals surface area contributed by atoms with Crippen molar-refractivity contribution in [2.24, 2.45) is 17.6 Å². The smallest absolute Gasteiger partial charge is 0.657 e. The molecule has 2 aliphatic heterocycles. The standard InChI is InChI=1S/C34H34N4O4.C22H24N2O8.Fe/c1-7-21-17(3)25-13-26-19(5)23(9-11-33(39)40)31(37-26)16-32-24(10-12-34(41)42)20(6)28(38-32)15-30-22(8-2)18(4)27(36-30)14-29(21)35-25;1-21(31)8-5-4-6-11(25)12(8)16(26)13-9(21)7-10-15(24(2)3)17(27)14(20(23)30)19(29)22(10,32)18(13)28;/h7-8,13-16H,1-2,9-12H2,3-6H3,(H4,35,36,37,38,39,40,41,42);4-6,9-10,15,25-26,29,31-32H,7H2,1-3H3,(H2,23,30);/q;;+2/p-2/t;9-,10-,15-,21+,22-;/m.0./s1. The molecule has 5 aliphatic rings. The number of carboxylic acid groups (broad SMARTS) is 2. The van der Waals surface area contributed by atoms with Crippen LogP contribution in [0.2, 0.25) is 0 Å². The van der Waals surface area contributed by atoms with E-state index >= 15 is 0 Å². The number of benzene rings is 1. The first kappa shape index (κ1) is 55.1. The van der Waals surface area contributed by atoms with E-state index in [0.29, 0.717) is 40.8 Å². The first-order valence-electron chi connectivity index (χ1n) is 23.7. The summed E-state index contributed by atoms with van der Waals surface area (Å²) in [5, 5.41) is 73.8. The maximum Gasteiger partial charge on any atom is 2.00 e. The van der Waals surface area contributed by atoms with Crippen molar-refractivity contribution in [1.82, 2.24) is 24.8 Å². The van der Waals surface area contributed by atoms with Gasteiger partial charge in [0.05, 0.1) is 40.0 Å². The Morgan fingerprint density at radius 3 is 2.00 bits per heavy atom. The van der Waals surface area contributed by atoms with E-state index in [0.717, 1.165) is 61.5 Å². The number of carboxylic acids is 2. The average molecular weight is 1060 g/mol. The number of aliphatic carboxylic acids is 2. The van der Waals surface area contributed by atoms with Crippen molar-refractivity contribution in [2.75, 3.05) is 14.1 Å². The van der Waals surface area contributed by atoms with Gasteiger partial charge in [0, 0.05) is 35.8 Å². The fourth-order valence-corrected chi connectivity index (χ4v) is 11.1. The van der Waals surface area contributed by atoms with Crippen LogP contribution in [0.25, 0.3) is 56.2 Å². The third-order valence-electron chi connectivity index (χ3n) is 15.1. The van der Waals surface area contributed by atoms with E-state index in [2.05, 4.69) is 13.2 Å². The summed E-state index contributed by atoms with van der Waals surface area (Å²) in [5.74, 6) is -9.69. The summed E-state index contributed by atoms with van der Waals surface area (Å²) >= 11 is 0. The summed E-state index contributed by atoms with van der Waals surface area (Å²) < 4.78 is 0. The third-order valence-corrected chi connectivity index (χ3v) is 15.1. The molecule has 8 bridgehead atoms. The topological polar surface area (TPSA) is 310 Å². The molecule has 75 heavy (non-hydrogen) atoms. The number of carbonyl (C=O) groups excluding carboxylic acids is 3. The number of likely N-dealkylation sites (N-methyl/N-ethyl adjacent to an activating group) is 1. The number of ketones is 2. The zero-order valence-corrected chi connectivity index (χ0v) is 43.3. The van der Waals surface area contributed by atoms with Crippen molar-refractivity contribution in [3.05, 3.63) is 135 Å². The fraction of sp³-hybridized carbons (Fsp3) is 0.304. The SMILES string of the molecule is C=CC1=C(C)c2cc3[n-]c(cc4nc(cc5[n-]c(cc1n2)c(C)c5C=C)C(C)=C4CCC(=O)O)c(CCC(=O)O)c3C.CN(C)[C@@H]1C(=O)C(C(N)=O)=C(O)[C@@]2(O)C(=O)C3=C(O)c4c(O)cccc4[C@@](C)(O)[C@H]3C[C@@H]12.[Fe+2]. The molecule has 1 amide bonds. The number of rotatable bonds is 10. The summed E-state index contributed by atoms with van der Waals surface area (Å²) in [5.41, 5.74) is 12.1. The second-order valence-electron chi connectivity index (χ2n) is 19.5. The Morgan fingerprint density at radius 1 is 0.813 bits per heavy atom. The molecule has 18 nitrogen and oxygen atoms in total. The molecule has 19 heteroatoms. The van der Waals surface area contributed by atoms with Gasteiger partial charge >= 0.3 is 29.0 Å². The largest absolute Gasteiger partial charge is 2.00 e. The van der Waals surface area contributed by atoms with Gasteiger partial charge in [-0.3, -0.25) is 28.9 Å². The van der Waals surface area contributed by atoms with Crippen LogP contribution in [0.15, 0.2) is 78.6 Å². The summed E-state index contributed by atoms with van der Waals surface area (Å²) in [6, 6.07) is 10.6. The minimum Gasteiger partial charge on any atom is -0.657 e. The number of aryl methyl sites for hydroxylation is 3. The molecule has 0 saturated heterocycles. The monoisotopic (exact) mass is 1060 g/mol. The number of carbonyl (C=O) groups is 5. The summed E-state index contributed by atoms with van der Waals surface area (Å²) in [7, 11) is 3.01. The number of allylic oxidation sites excluding steroid dienone is 5. The van der Waals surface area contributed by atoms with Crippen LogP contribution in [0.1, 0.15) is 103 Å². The number of aliphatic hydroxyl groups is 4. The number of aromatic hydroxyl groups is 1. The molecule has 9 N–H and O–H groups in total. The van der Waals surface area contributed by atoms with E-state index in [4.69, 9.17) is 25.7 Å². The first-order chi connectivity index (χ1) is 34.8. The quantitative estimate of drug-likeness (QED) is 0.0630. The van der Waals surface area contributed by atoms with Crippen molar-refractivity contribution in [3.8, 4) is 5.75 Å². The van der Waals surface area contributed by atoms with Crippen molar-refractivity contribution < 1.29 is 76.8 Å². The maximum atomic E-state index is 13.7. The number of hydrogen-bond donors (Lipinski definition) is 8. The summed E-state index contributed by atoms with van der Waals surface area (Å²) in [6.45, 7) is 17.3. The first-order valence-corrected chi connectivity index (χ1v) is 23.7. The van der Waals surface area contributed by atoms with Gasteiger partial charge in [0.2, 0.25) is 5.78 Å². The van der Waals surface area contributed by atoms with Crippen LogP contribution in [0.5, 0.6) is 5.75 Å². The van der Waals surface area contributed by atoms with Gasteiger partial charge in [0.25, 0.3) is 5.91 Å². The van der Waals surface area contributed by atoms with E-state index in [9.17, 15) is 59.7 Å². The van der Waals surface area contributed by atoms with E-state index in [-0.39, 0.29) is 47.5 Å². The van der Waals surface area contributed by atoms with Crippen molar-refractivity contribution in [2.45, 2.75) is 84.0 Å². The van der Waals surface area contributed by atoms with Crippen molar-refractivity contribution in [3.63, 3.8) is 0 Å². The number of hydrogen-bond acceptors (Lipinski definition) is 13. The molecule has 1 saturated carbocycles. The molecule has 9 rings (SSSR count). The van der Waals surface area contributed by atoms with Crippen LogP contribution in [-0.4, -0.2) is 106 Å². The number of aromatic nitrogens is 4. The molecule has 5 heterocycles. The van der Waals surface area contributed by atoms with Crippen LogP contribution in [-0.2, 0) is 53.1 Å². The predicted octanol–water partition coefficient (Wildman–Crippen LogP) is 6.39. The van der Waals surface area contributed by atoms with Gasteiger partial charge in [0.15, 0.2) is 11.4 Å². The van der Waals surface area contributed by atoms with E-state index < -0.39 is 86.9 Å². The Kier molecular flexibility index (Phi) is 14.9. The van der Waals surface area contributed by atoms with E-state index in [1.807, 2.05) is 52.0 Å². The number of nitrogens with two attached hydrogens (primary N) is 1. The molecule has 390 valence electrons. The molecule has 3 aliphatic carbocycles. The summed E-state index contributed by atoms with van der Waals surface area (Å²) in [4.78, 5) is 82.7. The Bertz CT molecular complexity index is 3520. The van der Waals surface area contributed by atoms with Gasteiger partial charge in [-0.15, -0.1) is 22.1 Å². The number of primary amides is 1. The molecule has 1 fully saturated rings. The van der Waals surface area contributed by atoms with Gasteiger partial charge in [-0.25, -0.2) is 9.97 Å². The Hall–Kier alpha value is -7.67. The van der Waals surface area contributed by atoms with Crippen LogP contribution < -0.4 is 15.7 Å². The molecule has 4 aromatic rings. The number of phenolic OH excluding ortho intramolecular Hbond substituents is 1. The number of Topliss-reactive ketones (excluding diaryl/α,β-unsaturated/α-hetero) is 2. The van der Waals surface area contributed by atoms with Gasteiger partial charge in [-0.05, 0) is 102 Å². The number of amides is 1. The fourth-order valence-electron chi connectivity index (χ4n) is 11.1. The van der Waals surface area contributed by atoms with Gasteiger partial charge in [-0.2, -0.15) is 0 Å². The molecule has 5 atom stereocenters. The molecule has 0 unspecified atom stereocenters. The molecule has 3 aromatic heterocycles. The molecular formula is C56H56FeN6O12. The van der Waals surface area contributed by atoms with E-state index in [1.165, 1.54) is 44.1 Å². The number of phenols is 1. The minimum atomic E-state index is -2.75. The van der Waals surface area contributed by atoms with Crippen LogP contribution in [0, 0.1) is 25.7 Å². The van der Waals surface area contributed by atoms with Crippen molar-refractivity contribution >= 4 is 85.6 Å². The zero-order chi connectivity index (χ0) is 54.2. The molecule has 1 aromatic carbocycles. The normalized spacial score (nSPS) is 22.0. The average Bonchev–Trinajstić information content (AvgIpc) is 3.99. The van der Waals surface area contributed by atoms with Gasteiger partial charge in [-0.1, -0.05) is 78.4 Å². The van der Waals surface area contributed by atoms with Crippen LogP contribution in [0.3, 0.4) is 0 Å². The van der Waals surface area contributed by atoms with Gasteiger partial charge in [0.1, 0.15) is 22.8 Å². The van der Waals surface area contributed by atoms with Crippen LogP contribution >= 0.6 is 0 Å². The minimum absolute atomic E-state index is 0. The second-order valence-corrected chi connectivity index (χ2v) is 19.5. The van der Waals surface area contributed by atoms with Crippen molar-refractivity contribution in [1.29, 1.82) is 0 Å². The summed E-state index contributed by atoms with van der Waals surface area (Å²) in [6.07, 6.45) is 3.86. The number of aliphatic hydroxyl groups excluding tert-OH is 2. The predicted molar refractivity (Wildman–Crippen MR) is 277 cm³/mol. The third kappa shape index (κ3) is 9.03. The van der Waals surface area contributed by atoms with Crippen LogP contribution in [0.4, 0.5) is 0 Å². The number of nitrogens with zero attached hydrogens (tertiary/aromatic N) is 5. The number of fused-ring (bicyclic) bond motifs is 11. The second kappa shape index (κ2) is 20.2. The van der Waals surface area contributed by atoms with Gasteiger partial charge < -0.3 is 51.4 Å². The Balaban J connectivity index is 0.000000224. The molecular weight excluding hydrogens is 1000 g/mol. The Morgan fingerprint density at radius 2 is 1.39 bits per heavy atom.